The average Bonchev–Trinajstić information content (AvgIpc) is 3.14. The van der Waals surface area contributed by atoms with Gasteiger partial charge in [0, 0.05) is 24.9 Å². The molecule has 0 aromatic rings. The molecule has 0 aromatic carbocycles. The van der Waals surface area contributed by atoms with E-state index in [4.69, 9.17) is 27.9 Å². The molecule has 218 valence electrons. The van der Waals surface area contributed by atoms with Gasteiger partial charge in [-0.05, 0) is 39.0 Å². The summed E-state index contributed by atoms with van der Waals surface area (Å²) in [6, 6.07) is -3.31. The molecule has 1 heterocycles. The number of likely N-dealkylation sites (tertiary alicyclic amines) is 1. The van der Waals surface area contributed by atoms with Crippen molar-refractivity contribution in [2.45, 2.75) is 82.4 Å². The molecule has 0 radical (unpaired) electrons. The normalized spacial score (nSPS) is 23.0. The van der Waals surface area contributed by atoms with Crippen LogP contribution in [-0.2, 0) is 23.9 Å². The van der Waals surface area contributed by atoms with Crippen LogP contribution in [0.3, 0.4) is 0 Å². The van der Waals surface area contributed by atoms with Crippen LogP contribution in [0.1, 0.15) is 54.4 Å². The zero-order valence-electron chi connectivity index (χ0n) is 23.4. The van der Waals surface area contributed by atoms with E-state index in [0.29, 0.717) is 6.42 Å². The molecule has 1 aliphatic carbocycles. The van der Waals surface area contributed by atoms with Crippen LogP contribution in [0, 0.1) is 17.3 Å². The number of halogens is 2. The first kappa shape index (κ1) is 32.6. The second kappa shape index (κ2) is 12.3. The zero-order valence-corrected chi connectivity index (χ0v) is 24.9. The predicted octanol–water partition coefficient (Wildman–Crippen LogP) is 2.88. The van der Waals surface area contributed by atoms with E-state index in [1.54, 1.807) is 47.6 Å². The highest BCUT2D eigenvalue weighted by atomic mass is 35.5. The van der Waals surface area contributed by atoms with Crippen LogP contribution >= 0.6 is 23.2 Å². The molecule has 39 heavy (non-hydrogen) atoms. The molecular formula is C27H40Cl2N4O6. The summed E-state index contributed by atoms with van der Waals surface area (Å²) < 4.78 is 4.12. The molecule has 1 saturated carbocycles. The van der Waals surface area contributed by atoms with Crippen LogP contribution in [0.5, 0.6) is 0 Å². The molecule has 10 nitrogen and oxygen atoms in total. The Morgan fingerprint density at radius 1 is 1.05 bits per heavy atom. The van der Waals surface area contributed by atoms with E-state index in [1.165, 1.54) is 11.0 Å². The minimum atomic E-state index is -1.23. The number of nitrogens with one attached hydrogen (secondary N) is 3. The number of piperidine rings is 1. The standard InChI is InChI=1S/C27H40Cl2N4O6/c1-9-11-12-16(19(34)22(36)30-13-10-2)31-21(35)18-17-15(27(17,28)29)14-33(18)23(37)20(25(3,4)5)32-24(38)39-26(6,7)8/h9-10,15-18,20H,1-2,11-14H2,3-8H3,(H,30,36)(H,31,35)(H,32,38). The summed E-state index contributed by atoms with van der Waals surface area (Å²) in [7, 11) is 0. The van der Waals surface area contributed by atoms with Crippen LogP contribution in [0.15, 0.2) is 25.3 Å². The largest absolute Gasteiger partial charge is 0.444 e. The van der Waals surface area contributed by atoms with Gasteiger partial charge in [0.25, 0.3) is 5.91 Å². The van der Waals surface area contributed by atoms with E-state index in [0.717, 1.165) is 0 Å². The molecule has 3 N–H and O–H groups in total. The fraction of sp³-hybridized carbons (Fsp3) is 0.667. The minimum absolute atomic E-state index is 0.0845. The number of hydrogen-bond acceptors (Lipinski definition) is 6. The van der Waals surface area contributed by atoms with Gasteiger partial charge in [0.05, 0.1) is 6.04 Å². The first-order valence-electron chi connectivity index (χ1n) is 12.9. The molecule has 2 aliphatic rings. The third-order valence-corrected chi connectivity index (χ3v) is 7.65. The van der Waals surface area contributed by atoms with Crippen LogP contribution in [0.2, 0.25) is 0 Å². The topological polar surface area (TPSA) is 134 Å². The summed E-state index contributed by atoms with van der Waals surface area (Å²) in [5.41, 5.74) is -1.53. The van der Waals surface area contributed by atoms with Crippen molar-refractivity contribution in [3.8, 4) is 0 Å². The van der Waals surface area contributed by atoms with Crippen LogP contribution in [0.25, 0.3) is 0 Å². The lowest BCUT2D eigenvalue weighted by atomic mass is 9.85. The quantitative estimate of drug-likeness (QED) is 0.193. The van der Waals surface area contributed by atoms with Crippen molar-refractivity contribution in [3.63, 3.8) is 0 Å². The maximum Gasteiger partial charge on any atom is 0.408 e. The Labute approximate surface area is 240 Å². The maximum absolute atomic E-state index is 13.8. The van der Waals surface area contributed by atoms with Gasteiger partial charge in [0.1, 0.15) is 22.0 Å². The highest BCUT2D eigenvalue weighted by Crippen LogP contribution is 2.65. The summed E-state index contributed by atoms with van der Waals surface area (Å²) in [6.45, 7) is 17.7. The first-order valence-corrected chi connectivity index (χ1v) is 13.6. The second-order valence-corrected chi connectivity index (χ2v) is 13.4. The summed E-state index contributed by atoms with van der Waals surface area (Å²) in [6.07, 6.45) is 2.70. The third kappa shape index (κ3) is 7.97. The van der Waals surface area contributed by atoms with Crippen LogP contribution < -0.4 is 16.0 Å². The Morgan fingerprint density at radius 3 is 2.18 bits per heavy atom. The van der Waals surface area contributed by atoms with E-state index < -0.39 is 69.0 Å². The fourth-order valence-electron chi connectivity index (χ4n) is 4.59. The Hall–Kier alpha value is -2.59. The highest BCUT2D eigenvalue weighted by Gasteiger charge is 2.74. The Balaban J connectivity index is 2.32. The number of alkyl carbamates (subject to hydrolysis) is 1. The van der Waals surface area contributed by atoms with Crippen LogP contribution in [0.4, 0.5) is 4.79 Å². The van der Waals surface area contributed by atoms with Gasteiger partial charge in [-0.2, -0.15) is 0 Å². The monoisotopic (exact) mass is 586 g/mol. The predicted molar refractivity (Wildman–Crippen MR) is 149 cm³/mol. The van der Waals surface area contributed by atoms with Gasteiger partial charge in [-0.25, -0.2) is 4.79 Å². The summed E-state index contributed by atoms with van der Waals surface area (Å²) >= 11 is 12.9. The number of carbonyl (C=O) groups is 5. The Bertz CT molecular complexity index is 1020. The lowest BCUT2D eigenvalue weighted by Crippen LogP contribution is -2.61. The number of carbonyl (C=O) groups excluding carboxylic acids is 5. The van der Waals surface area contributed by atoms with Crippen molar-refractivity contribution in [2.24, 2.45) is 17.3 Å². The third-order valence-electron chi connectivity index (χ3n) is 6.58. The summed E-state index contributed by atoms with van der Waals surface area (Å²) in [5.74, 6) is -3.84. The fourth-order valence-corrected chi connectivity index (χ4v) is 5.42. The molecule has 1 aliphatic heterocycles. The van der Waals surface area contributed by atoms with Crippen molar-refractivity contribution < 1.29 is 28.7 Å². The molecule has 5 unspecified atom stereocenters. The van der Waals surface area contributed by atoms with Gasteiger partial charge < -0.3 is 25.6 Å². The van der Waals surface area contributed by atoms with Crippen molar-refractivity contribution in [3.05, 3.63) is 25.3 Å². The number of alkyl halides is 2. The van der Waals surface area contributed by atoms with Crippen LogP contribution in [-0.4, -0.2) is 75.6 Å². The van der Waals surface area contributed by atoms with Gasteiger partial charge in [-0.1, -0.05) is 32.9 Å². The molecule has 4 amide bonds. The lowest BCUT2D eigenvalue weighted by molar-refractivity contribution is -0.145. The molecule has 12 heteroatoms. The number of amides is 4. The Kier molecular flexibility index (Phi) is 10.3. The van der Waals surface area contributed by atoms with Crippen molar-refractivity contribution in [2.75, 3.05) is 13.1 Å². The van der Waals surface area contributed by atoms with Gasteiger partial charge >= 0.3 is 6.09 Å². The molecule has 0 aromatic heterocycles. The minimum Gasteiger partial charge on any atom is -0.444 e. The maximum atomic E-state index is 13.8. The number of rotatable bonds is 11. The van der Waals surface area contributed by atoms with Gasteiger partial charge in [0.15, 0.2) is 0 Å². The molecule has 0 spiro atoms. The van der Waals surface area contributed by atoms with Crippen molar-refractivity contribution in [1.82, 2.24) is 20.9 Å². The number of nitrogens with zero attached hydrogens (tertiary/aromatic N) is 1. The van der Waals surface area contributed by atoms with Gasteiger partial charge in [0.2, 0.25) is 17.6 Å². The van der Waals surface area contributed by atoms with Crippen molar-refractivity contribution >= 4 is 52.8 Å². The first-order chi connectivity index (χ1) is 17.9. The van der Waals surface area contributed by atoms with E-state index in [9.17, 15) is 24.0 Å². The number of Topliss-reactive ketones (excluding diaryl/α,β-unsaturated/α-hetero) is 1. The molecule has 2 rings (SSSR count). The SMILES string of the molecule is C=CCCC(NC(=O)C1C2C(CN1C(=O)C(NC(=O)OC(C)(C)C)C(C)(C)C)C2(Cl)Cl)C(=O)C(=O)NCC=C. The van der Waals surface area contributed by atoms with E-state index in [-0.39, 0.29) is 25.4 Å². The summed E-state index contributed by atoms with van der Waals surface area (Å²) in [4.78, 5) is 66.5. The van der Waals surface area contributed by atoms with E-state index in [1.807, 2.05) is 0 Å². The molecule has 0 bridgehead atoms. The zero-order chi connectivity index (χ0) is 29.9. The molecule has 5 atom stereocenters. The number of fused-ring (bicyclic) bond motifs is 1. The average molecular weight is 588 g/mol. The number of hydrogen-bond donors (Lipinski definition) is 3. The number of ether oxygens (including phenoxy) is 1. The molecular weight excluding hydrogens is 547 g/mol. The smallest absolute Gasteiger partial charge is 0.408 e. The molecule has 2 fully saturated rings. The van der Waals surface area contributed by atoms with Gasteiger partial charge in [-0.3, -0.25) is 19.2 Å². The number of allylic oxidation sites excluding steroid dienone is 1. The van der Waals surface area contributed by atoms with Crippen molar-refractivity contribution in [1.29, 1.82) is 0 Å². The van der Waals surface area contributed by atoms with E-state index >= 15 is 0 Å². The van der Waals surface area contributed by atoms with Gasteiger partial charge in [-0.15, -0.1) is 36.4 Å². The Morgan fingerprint density at radius 2 is 1.67 bits per heavy atom. The second-order valence-electron chi connectivity index (χ2n) is 12.0. The summed E-state index contributed by atoms with van der Waals surface area (Å²) in [5, 5.41) is 7.69. The van der Waals surface area contributed by atoms with E-state index in [2.05, 4.69) is 29.1 Å². The number of ketones is 1. The lowest BCUT2D eigenvalue weighted by Gasteiger charge is -2.37. The highest BCUT2D eigenvalue weighted by molar-refractivity contribution is 6.51. The molecule has 1 saturated heterocycles.